The number of nitrogens with one attached hydrogen (secondary N) is 1. The SMILES string of the molecule is COc1ccccc1OCCNC(=O)CSc1nnnn1-c1ccc(O)cc1. The standard InChI is InChI=1S/C18H19N5O4S/c1-26-15-4-2-3-5-16(15)27-11-10-19-17(25)12-28-18-20-21-22-23(18)13-6-8-14(24)9-7-13/h2-9,24H,10-12H2,1H3,(H,19,25). The van der Waals surface area contributed by atoms with Crippen molar-refractivity contribution in [2.75, 3.05) is 26.0 Å². The summed E-state index contributed by atoms with van der Waals surface area (Å²) in [5.74, 6) is 1.43. The van der Waals surface area contributed by atoms with Gasteiger partial charge in [0.1, 0.15) is 12.4 Å². The highest BCUT2D eigenvalue weighted by Crippen LogP contribution is 2.25. The van der Waals surface area contributed by atoms with E-state index in [9.17, 15) is 9.90 Å². The van der Waals surface area contributed by atoms with Gasteiger partial charge in [-0.25, -0.2) is 0 Å². The van der Waals surface area contributed by atoms with Crippen molar-refractivity contribution < 1.29 is 19.4 Å². The van der Waals surface area contributed by atoms with Crippen LogP contribution in [0.2, 0.25) is 0 Å². The van der Waals surface area contributed by atoms with Gasteiger partial charge in [0, 0.05) is 0 Å². The number of rotatable bonds is 9. The first-order valence-electron chi connectivity index (χ1n) is 8.40. The molecule has 0 aliphatic carbocycles. The molecule has 0 aliphatic heterocycles. The van der Waals surface area contributed by atoms with Crippen molar-refractivity contribution in [3.05, 3.63) is 48.5 Å². The average Bonchev–Trinajstić information content (AvgIpc) is 3.19. The molecule has 0 bridgehead atoms. The second-order valence-electron chi connectivity index (χ2n) is 5.53. The molecule has 1 amide bonds. The summed E-state index contributed by atoms with van der Waals surface area (Å²) < 4.78 is 12.3. The number of amides is 1. The number of phenolic OH excluding ortho intramolecular Hbond substituents is 1. The first-order chi connectivity index (χ1) is 13.7. The van der Waals surface area contributed by atoms with E-state index in [0.29, 0.717) is 35.5 Å². The number of para-hydroxylation sites is 2. The molecule has 0 saturated carbocycles. The van der Waals surface area contributed by atoms with Crippen LogP contribution in [0, 0.1) is 0 Å². The maximum absolute atomic E-state index is 12.0. The fraction of sp³-hybridized carbons (Fsp3) is 0.222. The largest absolute Gasteiger partial charge is 0.508 e. The van der Waals surface area contributed by atoms with E-state index >= 15 is 0 Å². The number of ether oxygens (including phenoxy) is 2. The van der Waals surface area contributed by atoms with Crippen LogP contribution in [0.1, 0.15) is 0 Å². The van der Waals surface area contributed by atoms with Crippen LogP contribution in [-0.2, 0) is 4.79 Å². The number of methoxy groups -OCH3 is 1. The first-order valence-corrected chi connectivity index (χ1v) is 9.39. The molecule has 0 unspecified atom stereocenters. The topological polar surface area (TPSA) is 111 Å². The molecule has 0 fully saturated rings. The van der Waals surface area contributed by atoms with Crippen molar-refractivity contribution in [1.29, 1.82) is 0 Å². The molecule has 0 aliphatic rings. The predicted octanol–water partition coefficient (Wildman–Crippen LogP) is 1.66. The molecular formula is C18H19N5O4S. The molecule has 3 rings (SSSR count). The lowest BCUT2D eigenvalue weighted by Gasteiger charge is -2.10. The van der Waals surface area contributed by atoms with Gasteiger partial charge < -0.3 is 19.9 Å². The van der Waals surface area contributed by atoms with Gasteiger partial charge in [0.25, 0.3) is 0 Å². The minimum atomic E-state index is -0.158. The van der Waals surface area contributed by atoms with Gasteiger partial charge in [-0.1, -0.05) is 23.9 Å². The van der Waals surface area contributed by atoms with Gasteiger partial charge in [0.15, 0.2) is 11.5 Å². The molecule has 1 heterocycles. The lowest BCUT2D eigenvalue weighted by Crippen LogP contribution is -2.29. The van der Waals surface area contributed by atoms with Gasteiger partial charge in [-0.3, -0.25) is 4.79 Å². The Kier molecular flexibility index (Phi) is 6.68. The zero-order valence-corrected chi connectivity index (χ0v) is 15.9. The van der Waals surface area contributed by atoms with Gasteiger partial charge in [-0.15, -0.1) is 5.10 Å². The number of thioether (sulfide) groups is 1. The van der Waals surface area contributed by atoms with Gasteiger partial charge in [0.05, 0.1) is 25.1 Å². The zero-order valence-electron chi connectivity index (χ0n) is 15.1. The molecule has 0 radical (unpaired) electrons. The summed E-state index contributed by atoms with van der Waals surface area (Å²) in [7, 11) is 1.58. The third-order valence-electron chi connectivity index (χ3n) is 3.62. The Hall–Kier alpha value is -3.27. The normalized spacial score (nSPS) is 10.5. The molecule has 0 atom stereocenters. The second-order valence-corrected chi connectivity index (χ2v) is 6.47. The molecular weight excluding hydrogens is 382 g/mol. The maximum atomic E-state index is 12.0. The molecule has 1 aromatic heterocycles. The van der Waals surface area contributed by atoms with E-state index in [1.54, 1.807) is 37.4 Å². The number of hydrogen-bond donors (Lipinski definition) is 2. The maximum Gasteiger partial charge on any atom is 0.230 e. The highest BCUT2D eigenvalue weighted by Gasteiger charge is 2.11. The van der Waals surface area contributed by atoms with Crippen LogP contribution in [0.4, 0.5) is 0 Å². The van der Waals surface area contributed by atoms with E-state index in [-0.39, 0.29) is 17.4 Å². The Morgan fingerprint density at radius 1 is 1.18 bits per heavy atom. The summed E-state index contributed by atoms with van der Waals surface area (Å²) in [5, 5.41) is 24.1. The summed E-state index contributed by atoms with van der Waals surface area (Å²) in [6.45, 7) is 0.683. The van der Waals surface area contributed by atoms with Crippen LogP contribution in [0.25, 0.3) is 5.69 Å². The third kappa shape index (κ3) is 5.13. The van der Waals surface area contributed by atoms with Gasteiger partial charge in [-0.05, 0) is 46.8 Å². The molecule has 2 N–H and O–H groups in total. The van der Waals surface area contributed by atoms with Crippen molar-refractivity contribution in [1.82, 2.24) is 25.5 Å². The Balaban J connectivity index is 1.44. The smallest absolute Gasteiger partial charge is 0.230 e. The number of phenols is 1. The number of hydrogen-bond acceptors (Lipinski definition) is 8. The summed E-state index contributed by atoms with van der Waals surface area (Å²) in [6.07, 6.45) is 0. The van der Waals surface area contributed by atoms with E-state index in [4.69, 9.17) is 9.47 Å². The minimum absolute atomic E-state index is 0.153. The number of carbonyl (C=O) groups is 1. The molecule has 0 saturated heterocycles. The number of aromatic hydroxyl groups is 1. The highest BCUT2D eigenvalue weighted by atomic mass is 32.2. The van der Waals surface area contributed by atoms with Crippen molar-refractivity contribution in [2.24, 2.45) is 0 Å². The van der Waals surface area contributed by atoms with Crippen molar-refractivity contribution in [3.63, 3.8) is 0 Å². The van der Waals surface area contributed by atoms with E-state index in [2.05, 4.69) is 20.8 Å². The Morgan fingerprint density at radius 3 is 2.68 bits per heavy atom. The number of benzene rings is 2. The van der Waals surface area contributed by atoms with E-state index < -0.39 is 0 Å². The summed E-state index contributed by atoms with van der Waals surface area (Å²) in [4.78, 5) is 12.0. The van der Waals surface area contributed by atoms with Crippen LogP contribution in [0.15, 0.2) is 53.7 Å². The Morgan fingerprint density at radius 2 is 1.93 bits per heavy atom. The Bertz CT molecular complexity index is 916. The third-order valence-corrected chi connectivity index (χ3v) is 4.54. The first kappa shape index (κ1) is 19.5. The molecule has 3 aromatic rings. The quantitative estimate of drug-likeness (QED) is 0.411. The molecule has 0 spiro atoms. The lowest BCUT2D eigenvalue weighted by molar-refractivity contribution is -0.118. The van der Waals surface area contributed by atoms with Gasteiger partial charge in [-0.2, -0.15) is 4.68 Å². The number of carbonyl (C=O) groups excluding carboxylic acids is 1. The number of tetrazole rings is 1. The lowest BCUT2D eigenvalue weighted by atomic mass is 10.3. The fourth-order valence-corrected chi connectivity index (χ4v) is 3.02. The van der Waals surface area contributed by atoms with Crippen LogP contribution in [0.3, 0.4) is 0 Å². The van der Waals surface area contributed by atoms with Gasteiger partial charge in [0.2, 0.25) is 11.1 Å². The van der Waals surface area contributed by atoms with Crippen LogP contribution < -0.4 is 14.8 Å². The molecule has 28 heavy (non-hydrogen) atoms. The van der Waals surface area contributed by atoms with Crippen LogP contribution >= 0.6 is 11.8 Å². The molecule has 2 aromatic carbocycles. The van der Waals surface area contributed by atoms with E-state index in [1.165, 1.54) is 16.4 Å². The van der Waals surface area contributed by atoms with Gasteiger partial charge >= 0.3 is 0 Å². The van der Waals surface area contributed by atoms with Crippen LogP contribution in [0.5, 0.6) is 17.2 Å². The second kappa shape index (κ2) is 9.60. The predicted molar refractivity (Wildman–Crippen MR) is 103 cm³/mol. The highest BCUT2D eigenvalue weighted by molar-refractivity contribution is 7.99. The zero-order chi connectivity index (χ0) is 19.8. The van der Waals surface area contributed by atoms with Crippen LogP contribution in [-0.4, -0.2) is 57.2 Å². The molecule has 146 valence electrons. The van der Waals surface area contributed by atoms with E-state index in [0.717, 1.165) is 0 Å². The Labute approximate surface area is 165 Å². The molecule has 10 heteroatoms. The number of nitrogens with zero attached hydrogens (tertiary/aromatic N) is 4. The molecule has 9 nitrogen and oxygen atoms in total. The van der Waals surface area contributed by atoms with Crippen molar-refractivity contribution >= 4 is 17.7 Å². The number of aromatic nitrogens is 4. The summed E-state index contributed by atoms with van der Waals surface area (Å²) in [5.41, 5.74) is 0.691. The average molecular weight is 401 g/mol. The van der Waals surface area contributed by atoms with Crippen molar-refractivity contribution in [2.45, 2.75) is 5.16 Å². The monoisotopic (exact) mass is 401 g/mol. The minimum Gasteiger partial charge on any atom is -0.508 e. The summed E-state index contributed by atoms with van der Waals surface area (Å²) in [6, 6.07) is 13.8. The van der Waals surface area contributed by atoms with E-state index in [1.807, 2.05) is 18.2 Å². The van der Waals surface area contributed by atoms with Crippen molar-refractivity contribution in [3.8, 4) is 22.9 Å². The summed E-state index contributed by atoms with van der Waals surface area (Å²) >= 11 is 1.21. The fourth-order valence-electron chi connectivity index (χ4n) is 2.30.